The first-order chi connectivity index (χ1) is 18.0. The van der Waals surface area contributed by atoms with Crippen molar-refractivity contribution in [2.24, 2.45) is 0 Å². The lowest BCUT2D eigenvalue weighted by atomic mass is 10.1. The van der Waals surface area contributed by atoms with Crippen molar-refractivity contribution in [3.05, 3.63) is 89.8 Å². The Morgan fingerprint density at radius 1 is 1.03 bits per heavy atom. The molecule has 1 aliphatic carbocycles. The third-order valence-electron chi connectivity index (χ3n) is 6.65. The van der Waals surface area contributed by atoms with Crippen molar-refractivity contribution in [3.63, 3.8) is 0 Å². The summed E-state index contributed by atoms with van der Waals surface area (Å²) in [5, 5.41) is 7.31. The van der Waals surface area contributed by atoms with Gasteiger partial charge in [0.15, 0.2) is 11.3 Å². The molecule has 0 atom stereocenters. The van der Waals surface area contributed by atoms with Gasteiger partial charge in [-0.2, -0.15) is 5.10 Å². The number of nitrogens with zero attached hydrogens (tertiary/aromatic N) is 5. The Balaban J connectivity index is 1.20. The normalized spacial score (nSPS) is 13.9. The zero-order valence-corrected chi connectivity index (χ0v) is 19.8. The maximum absolute atomic E-state index is 14.5. The highest BCUT2D eigenvalue weighted by atomic mass is 19.1. The van der Waals surface area contributed by atoms with Crippen LogP contribution in [0.3, 0.4) is 0 Å². The van der Waals surface area contributed by atoms with Gasteiger partial charge >= 0.3 is 0 Å². The lowest BCUT2D eigenvalue weighted by molar-refractivity contribution is 0.0947. The Morgan fingerprint density at radius 3 is 2.65 bits per heavy atom. The number of amides is 1. The van der Waals surface area contributed by atoms with Crippen LogP contribution in [0.15, 0.2) is 61.1 Å². The predicted molar refractivity (Wildman–Crippen MR) is 133 cm³/mol. The minimum Gasteiger partial charge on any atom is -0.347 e. The predicted octanol–water partition coefficient (Wildman–Crippen LogP) is 5.07. The van der Waals surface area contributed by atoms with Crippen LogP contribution in [0.25, 0.3) is 28.1 Å². The molecule has 2 N–H and O–H groups in total. The second-order valence-corrected chi connectivity index (χ2v) is 9.18. The fourth-order valence-electron chi connectivity index (χ4n) is 4.79. The monoisotopic (exact) mass is 499 g/mol. The quantitative estimate of drug-likeness (QED) is 0.340. The highest BCUT2D eigenvalue weighted by Gasteiger charge is 2.23. The molecular weight excluding hydrogens is 476 g/mol. The number of carbonyl (C=O) groups is 1. The molecule has 10 heteroatoms. The van der Waals surface area contributed by atoms with E-state index in [1.807, 2.05) is 0 Å². The minimum atomic E-state index is -0.447. The first kappa shape index (κ1) is 23.0. The van der Waals surface area contributed by atoms with Gasteiger partial charge in [-0.1, -0.05) is 12.8 Å². The molecule has 0 unspecified atom stereocenters. The van der Waals surface area contributed by atoms with Crippen LogP contribution in [-0.2, 0) is 6.54 Å². The molecule has 0 aliphatic heterocycles. The number of aromatic nitrogens is 6. The van der Waals surface area contributed by atoms with Crippen molar-refractivity contribution in [1.82, 2.24) is 35.0 Å². The van der Waals surface area contributed by atoms with Gasteiger partial charge in [-0.25, -0.2) is 28.4 Å². The van der Waals surface area contributed by atoms with Gasteiger partial charge in [0.05, 0.1) is 11.4 Å². The van der Waals surface area contributed by atoms with Crippen LogP contribution in [0.5, 0.6) is 0 Å². The summed E-state index contributed by atoms with van der Waals surface area (Å²) in [6.45, 7) is 0.0946. The lowest BCUT2D eigenvalue weighted by Crippen LogP contribution is -2.24. The Kier molecular flexibility index (Phi) is 5.91. The van der Waals surface area contributed by atoms with Crippen LogP contribution < -0.4 is 5.32 Å². The molecule has 0 radical (unpaired) electrons. The maximum atomic E-state index is 14.5. The second kappa shape index (κ2) is 9.53. The fraction of sp³-hybridized carbons (Fsp3) is 0.222. The van der Waals surface area contributed by atoms with Gasteiger partial charge in [0, 0.05) is 24.2 Å². The Labute approximate surface area is 210 Å². The highest BCUT2D eigenvalue weighted by molar-refractivity contribution is 6.02. The van der Waals surface area contributed by atoms with Crippen molar-refractivity contribution in [3.8, 4) is 16.9 Å². The fourth-order valence-corrected chi connectivity index (χ4v) is 4.79. The Hall–Kier alpha value is -4.47. The zero-order valence-electron chi connectivity index (χ0n) is 19.8. The summed E-state index contributed by atoms with van der Waals surface area (Å²) in [4.78, 5) is 29.2. The summed E-state index contributed by atoms with van der Waals surface area (Å²) < 4.78 is 29.3. The van der Waals surface area contributed by atoms with Crippen molar-refractivity contribution in [2.45, 2.75) is 38.1 Å². The molecule has 186 valence electrons. The SMILES string of the molecule is O=C(NCc1cc(F)cc(-c2ccn(-c3ccc(F)cc3)n2)c1)c1ncnc2nc(C3CCCC3)[nH]c12. The largest absolute Gasteiger partial charge is 0.347 e. The topological polar surface area (TPSA) is 101 Å². The summed E-state index contributed by atoms with van der Waals surface area (Å²) in [6.07, 6.45) is 7.52. The smallest absolute Gasteiger partial charge is 0.272 e. The van der Waals surface area contributed by atoms with Crippen molar-refractivity contribution < 1.29 is 13.6 Å². The standard InChI is InChI=1S/C27H23F2N7O/c28-19-5-7-21(8-6-19)36-10-9-22(35-36)18-11-16(12-20(29)13-18)14-30-27(37)24-23-26(32-15-31-24)34-25(33-23)17-3-1-2-4-17/h5-13,15,17H,1-4,14H2,(H,30,37)(H,31,32,33,34). The number of fused-ring (bicyclic) bond motifs is 1. The van der Waals surface area contributed by atoms with Crippen molar-refractivity contribution in [1.29, 1.82) is 0 Å². The number of nitrogens with one attached hydrogen (secondary N) is 2. The first-order valence-corrected chi connectivity index (χ1v) is 12.1. The number of H-pyrrole nitrogens is 1. The second-order valence-electron chi connectivity index (χ2n) is 9.18. The first-order valence-electron chi connectivity index (χ1n) is 12.1. The number of rotatable bonds is 6. The number of aromatic amines is 1. The molecule has 1 amide bonds. The van der Waals surface area contributed by atoms with Gasteiger partial charge in [0.1, 0.15) is 29.3 Å². The number of carbonyl (C=O) groups excluding carboxylic acids is 1. The lowest BCUT2D eigenvalue weighted by Gasteiger charge is -2.08. The molecule has 0 bridgehead atoms. The summed E-state index contributed by atoms with van der Waals surface area (Å²) in [6, 6.07) is 12.2. The van der Waals surface area contributed by atoms with Crippen molar-refractivity contribution >= 4 is 17.1 Å². The average molecular weight is 500 g/mol. The van der Waals surface area contributed by atoms with E-state index in [0.717, 1.165) is 18.7 Å². The number of imidazole rings is 1. The molecule has 6 rings (SSSR count). The van der Waals surface area contributed by atoms with Gasteiger partial charge in [-0.3, -0.25) is 4.79 Å². The summed E-state index contributed by atoms with van der Waals surface area (Å²) >= 11 is 0. The van der Waals surface area contributed by atoms with E-state index in [4.69, 9.17) is 0 Å². The number of hydrogen-bond acceptors (Lipinski definition) is 5. The molecule has 3 heterocycles. The number of halogens is 2. The van der Waals surface area contributed by atoms with Crippen LogP contribution in [-0.4, -0.2) is 35.6 Å². The third kappa shape index (κ3) is 4.69. The molecular formula is C27H23F2N7O. The molecule has 37 heavy (non-hydrogen) atoms. The van der Waals surface area contributed by atoms with E-state index < -0.39 is 11.7 Å². The summed E-state index contributed by atoms with van der Waals surface area (Å²) in [5.41, 5.74) is 3.54. The summed E-state index contributed by atoms with van der Waals surface area (Å²) in [5.74, 6) is 0.00869. The Morgan fingerprint density at radius 2 is 1.84 bits per heavy atom. The number of hydrogen-bond donors (Lipinski definition) is 2. The van der Waals surface area contributed by atoms with Gasteiger partial charge in [-0.05, 0) is 66.9 Å². The highest BCUT2D eigenvalue weighted by Crippen LogP contribution is 2.33. The third-order valence-corrected chi connectivity index (χ3v) is 6.65. The minimum absolute atomic E-state index is 0.0946. The average Bonchev–Trinajstić information content (AvgIpc) is 3.67. The maximum Gasteiger partial charge on any atom is 0.272 e. The summed E-state index contributed by atoms with van der Waals surface area (Å²) in [7, 11) is 0. The van der Waals surface area contributed by atoms with Crippen LogP contribution in [0.4, 0.5) is 8.78 Å². The van der Waals surface area contributed by atoms with E-state index >= 15 is 0 Å². The van der Waals surface area contributed by atoms with Crippen LogP contribution in [0, 0.1) is 11.6 Å². The molecule has 1 aliphatic rings. The van der Waals surface area contributed by atoms with E-state index in [2.05, 4.69) is 30.4 Å². The number of benzene rings is 2. The van der Waals surface area contributed by atoms with Gasteiger partial charge < -0.3 is 10.3 Å². The molecule has 0 saturated heterocycles. The van der Waals surface area contributed by atoms with Gasteiger partial charge in [-0.15, -0.1) is 0 Å². The molecule has 1 saturated carbocycles. The molecule has 1 fully saturated rings. The molecule has 5 aromatic rings. The van der Waals surface area contributed by atoms with E-state index in [9.17, 15) is 13.6 Å². The van der Waals surface area contributed by atoms with Crippen LogP contribution in [0.1, 0.15) is 53.5 Å². The molecule has 8 nitrogen and oxygen atoms in total. The van der Waals surface area contributed by atoms with Gasteiger partial charge in [0.25, 0.3) is 5.91 Å². The van der Waals surface area contributed by atoms with E-state index in [1.165, 1.54) is 43.4 Å². The van der Waals surface area contributed by atoms with Crippen LogP contribution >= 0.6 is 0 Å². The van der Waals surface area contributed by atoms with E-state index in [-0.39, 0.29) is 18.1 Å². The Bertz CT molecular complexity index is 1590. The van der Waals surface area contributed by atoms with Gasteiger partial charge in [0.2, 0.25) is 0 Å². The molecule has 3 aromatic heterocycles. The van der Waals surface area contributed by atoms with Crippen molar-refractivity contribution in [2.75, 3.05) is 0 Å². The zero-order chi connectivity index (χ0) is 25.4. The molecule has 2 aromatic carbocycles. The van der Waals surface area contributed by atoms with E-state index in [0.29, 0.717) is 39.6 Å². The van der Waals surface area contributed by atoms with E-state index in [1.54, 1.807) is 35.1 Å². The molecule has 0 spiro atoms. The van der Waals surface area contributed by atoms with Crippen LogP contribution in [0.2, 0.25) is 0 Å².